The highest BCUT2D eigenvalue weighted by Crippen LogP contribution is 2.39. The lowest BCUT2D eigenvalue weighted by molar-refractivity contribution is -0.153. The van der Waals surface area contributed by atoms with Crippen LogP contribution in [0.3, 0.4) is 0 Å². The first-order chi connectivity index (χ1) is 9.07. The maximum absolute atomic E-state index is 12.6. The van der Waals surface area contributed by atoms with Crippen molar-refractivity contribution < 1.29 is 19.4 Å². The van der Waals surface area contributed by atoms with E-state index in [4.69, 9.17) is 15.6 Å². The molecule has 108 valence electrons. The fourth-order valence-corrected chi connectivity index (χ4v) is 3.11. The zero-order valence-electron chi connectivity index (χ0n) is 11.1. The maximum Gasteiger partial charge on any atom is 0.306 e. The summed E-state index contributed by atoms with van der Waals surface area (Å²) in [5, 5.41) is 8.80. The fourth-order valence-electron chi connectivity index (χ4n) is 3.11. The molecule has 3 N–H and O–H groups in total. The second kappa shape index (κ2) is 5.88. The van der Waals surface area contributed by atoms with Crippen molar-refractivity contribution >= 4 is 11.9 Å². The van der Waals surface area contributed by atoms with E-state index in [0.717, 1.165) is 25.7 Å². The van der Waals surface area contributed by atoms with Crippen LogP contribution < -0.4 is 5.73 Å². The average molecular weight is 270 g/mol. The Morgan fingerprint density at radius 1 is 1.37 bits per heavy atom. The summed E-state index contributed by atoms with van der Waals surface area (Å²) in [6.45, 7) is 1.70. The average Bonchev–Trinajstić information content (AvgIpc) is 2.87. The van der Waals surface area contributed by atoms with Crippen molar-refractivity contribution in [1.82, 2.24) is 4.90 Å². The van der Waals surface area contributed by atoms with Crippen LogP contribution >= 0.6 is 0 Å². The van der Waals surface area contributed by atoms with Gasteiger partial charge in [0, 0.05) is 19.6 Å². The molecule has 2 rings (SSSR count). The highest BCUT2D eigenvalue weighted by Gasteiger charge is 2.43. The molecule has 0 aromatic heterocycles. The molecular weight excluding hydrogens is 248 g/mol. The number of carbonyl (C=O) groups excluding carboxylic acids is 1. The highest BCUT2D eigenvalue weighted by molar-refractivity contribution is 5.83. The van der Waals surface area contributed by atoms with Crippen molar-refractivity contribution in [2.75, 3.05) is 26.2 Å². The van der Waals surface area contributed by atoms with Crippen LogP contribution in [0.1, 0.15) is 32.1 Å². The number of ether oxygens (including phenoxy) is 1. The first kappa shape index (κ1) is 14.3. The second-order valence-electron chi connectivity index (χ2n) is 5.53. The lowest BCUT2D eigenvalue weighted by Gasteiger charge is -2.38. The molecule has 1 unspecified atom stereocenters. The molecule has 1 amide bonds. The lowest BCUT2D eigenvalue weighted by Crippen LogP contribution is -2.53. The number of carboxylic acid groups (broad SMARTS) is 1. The molecule has 0 spiro atoms. The number of hydrogen-bond donors (Lipinski definition) is 2. The van der Waals surface area contributed by atoms with Crippen LogP contribution in [0.5, 0.6) is 0 Å². The summed E-state index contributed by atoms with van der Waals surface area (Å²) in [6, 6.07) is 0. The largest absolute Gasteiger partial charge is 0.481 e. The molecule has 1 aliphatic carbocycles. The molecule has 1 heterocycles. The van der Waals surface area contributed by atoms with Gasteiger partial charge in [0.2, 0.25) is 5.91 Å². The minimum absolute atomic E-state index is 0.0561. The monoisotopic (exact) mass is 270 g/mol. The smallest absolute Gasteiger partial charge is 0.306 e. The number of hydrogen-bond acceptors (Lipinski definition) is 4. The van der Waals surface area contributed by atoms with Gasteiger partial charge in [-0.1, -0.05) is 12.8 Å². The molecule has 1 atom stereocenters. The number of carboxylic acids is 1. The predicted molar refractivity (Wildman–Crippen MR) is 68.5 cm³/mol. The summed E-state index contributed by atoms with van der Waals surface area (Å²) < 4.78 is 5.39. The molecule has 6 nitrogen and oxygen atoms in total. The Morgan fingerprint density at radius 2 is 2.05 bits per heavy atom. The number of carbonyl (C=O) groups is 2. The molecule has 0 aromatic carbocycles. The van der Waals surface area contributed by atoms with Crippen molar-refractivity contribution in [1.29, 1.82) is 0 Å². The van der Waals surface area contributed by atoms with Gasteiger partial charge >= 0.3 is 5.97 Å². The SMILES string of the molecule is NCC1(C(=O)N2CCOC(CC(=O)O)C2)CCCC1. The van der Waals surface area contributed by atoms with Crippen LogP contribution in [0, 0.1) is 5.41 Å². The van der Waals surface area contributed by atoms with E-state index in [0.29, 0.717) is 26.2 Å². The third-order valence-electron chi connectivity index (χ3n) is 4.23. The van der Waals surface area contributed by atoms with Gasteiger partial charge in [0.1, 0.15) is 0 Å². The number of aliphatic carboxylic acids is 1. The standard InChI is InChI=1S/C13H22N2O4/c14-9-13(3-1-2-4-13)12(18)15-5-6-19-10(8-15)7-11(16)17/h10H,1-9,14H2,(H,16,17). The number of nitrogens with zero attached hydrogens (tertiary/aromatic N) is 1. The summed E-state index contributed by atoms with van der Waals surface area (Å²) >= 11 is 0. The van der Waals surface area contributed by atoms with E-state index in [1.54, 1.807) is 4.90 Å². The van der Waals surface area contributed by atoms with Crippen LogP contribution in [0.4, 0.5) is 0 Å². The zero-order chi connectivity index (χ0) is 13.9. The van der Waals surface area contributed by atoms with E-state index in [9.17, 15) is 9.59 Å². The van der Waals surface area contributed by atoms with Crippen LogP contribution in [0.25, 0.3) is 0 Å². The maximum atomic E-state index is 12.6. The van der Waals surface area contributed by atoms with Gasteiger partial charge in [-0.25, -0.2) is 0 Å². The van der Waals surface area contributed by atoms with Gasteiger partial charge in [0.05, 0.1) is 24.5 Å². The van der Waals surface area contributed by atoms with E-state index >= 15 is 0 Å². The van der Waals surface area contributed by atoms with E-state index in [1.807, 2.05) is 0 Å². The molecule has 0 bridgehead atoms. The third kappa shape index (κ3) is 3.06. The fraction of sp³-hybridized carbons (Fsp3) is 0.846. The third-order valence-corrected chi connectivity index (χ3v) is 4.23. The summed E-state index contributed by atoms with van der Waals surface area (Å²) in [4.78, 5) is 25.1. The predicted octanol–water partition coefficient (Wildman–Crippen LogP) is 0.208. The molecule has 0 aromatic rings. The summed E-state index contributed by atoms with van der Waals surface area (Å²) in [7, 11) is 0. The van der Waals surface area contributed by atoms with Crippen molar-refractivity contribution in [3.63, 3.8) is 0 Å². The van der Waals surface area contributed by atoms with Crippen molar-refractivity contribution in [2.45, 2.75) is 38.2 Å². The van der Waals surface area contributed by atoms with Gasteiger partial charge in [0.25, 0.3) is 0 Å². The van der Waals surface area contributed by atoms with Gasteiger partial charge in [-0.15, -0.1) is 0 Å². The molecule has 19 heavy (non-hydrogen) atoms. The van der Waals surface area contributed by atoms with Gasteiger partial charge < -0.3 is 20.5 Å². The van der Waals surface area contributed by atoms with Crippen molar-refractivity contribution in [3.8, 4) is 0 Å². The van der Waals surface area contributed by atoms with Gasteiger partial charge in [-0.05, 0) is 12.8 Å². The normalized spacial score (nSPS) is 26.4. The molecular formula is C13H22N2O4. The summed E-state index contributed by atoms with van der Waals surface area (Å²) in [5.41, 5.74) is 5.41. The van der Waals surface area contributed by atoms with E-state index in [-0.39, 0.29) is 12.3 Å². The Bertz CT molecular complexity index is 353. The minimum Gasteiger partial charge on any atom is -0.481 e. The van der Waals surface area contributed by atoms with Gasteiger partial charge in [-0.3, -0.25) is 9.59 Å². The number of nitrogens with two attached hydrogens (primary N) is 1. The molecule has 0 radical (unpaired) electrons. The minimum atomic E-state index is -0.895. The number of amides is 1. The van der Waals surface area contributed by atoms with Crippen LogP contribution in [-0.2, 0) is 14.3 Å². The van der Waals surface area contributed by atoms with Crippen LogP contribution in [-0.4, -0.2) is 54.2 Å². The molecule has 2 fully saturated rings. The molecule has 1 saturated heterocycles. The number of rotatable bonds is 4. The molecule has 6 heteroatoms. The van der Waals surface area contributed by atoms with Gasteiger partial charge in [-0.2, -0.15) is 0 Å². The number of morpholine rings is 1. The van der Waals surface area contributed by atoms with E-state index in [2.05, 4.69) is 0 Å². The van der Waals surface area contributed by atoms with Crippen molar-refractivity contribution in [3.05, 3.63) is 0 Å². The Kier molecular flexibility index (Phi) is 4.42. The zero-order valence-corrected chi connectivity index (χ0v) is 11.1. The quantitative estimate of drug-likeness (QED) is 0.761. The first-order valence-corrected chi connectivity index (χ1v) is 6.90. The van der Waals surface area contributed by atoms with E-state index < -0.39 is 17.5 Å². The lowest BCUT2D eigenvalue weighted by atomic mass is 9.84. The molecule has 1 aliphatic heterocycles. The van der Waals surface area contributed by atoms with Crippen molar-refractivity contribution in [2.24, 2.45) is 11.1 Å². The summed E-state index contributed by atoms with van der Waals surface area (Å²) in [5.74, 6) is -0.806. The van der Waals surface area contributed by atoms with Crippen LogP contribution in [0.15, 0.2) is 0 Å². The molecule has 2 aliphatic rings. The summed E-state index contributed by atoms with van der Waals surface area (Å²) in [6.07, 6.45) is 3.34. The van der Waals surface area contributed by atoms with E-state index in [1.165, 1.54) is 0 Å². The first-order valence-electron chi connectivity index (χ1n) is 6.90. The Hall–Kier alpha value is -1.14. The second-order valence-corrected chi connectivity index (χ2v) is 5.53. The Balaban J connectivity index is 2.00. The highest BCUT2D eigenvalue weighted by atomic mass is 16.5. The topological polar surface area (TPSA) is 92.9 Å². The molecule has 1 saturated carbocycles. The van der Waals surface area contributed by atoms with Gasteiger partial charge in [0.15, 0.2) is 0 Å². The Labute approximate surface area is 112 Å². The van der Waals surface area contributed by atoms with Crippen LogP contribution in [0.2, 0.25) is 0 Å². The Morgan fingerprint density at radius 3 is 2.63 bits per heavy atom.